The predicted molar refractivity (Wildman–Crippen MR) is 138 cm³/mol. The Morgan fingerprint density at radius 2 is 1.72 bits per heavy atom. The van der Waals surface area contributed by atoms with E-state index in [0.29, 0.717) is 36.6 Å². The van der Waals surface area contributed by atoms with Crippen LogP contribution in [0.2, 0.25) is 0 Å². The molecule has 0 unspecified atom stereocenters. The number of likely N-dealkylation sites (tertiary alicyclic amines) is 1. The van der Waals surface area contributed by atoms with Crippen molar-refractivity contribution in [1.29, 1.82) is 0 Å². The van der Waals surface area contributed by atoms with E-state index in [1.54, 1.807) is 36.4 Å². The number of aromatic hydroxyl groups is 1. The van der Waals surface area contributed by atoms with Crippen molar-refractivity contribution in [3.8, 4) is 11.5 Å². The number of phenolic OH excluding ortho intramolecular Hbond substituents is 1. The van der Waals surface area contributed by atoms with Crippen LogP contribution in [0.4, 0.5) is 0 Å². The van der Waals surface area contributed by atoms with Crippen molar-refractivity contribution >= 4 is 17.4 Å². The first-order valence-corrected chi connectivity index (χ1v) is 11.8. The largest absolute Gasteiger partial charge is 0.508 e. The van der Waals surface area contributed by atoms with Crippen molar-refractivity contribution in [2.24, 2.45) is 0 Å². The van der Waals surface area contributed by atoms with Crippen LogP contribution in [0.15, 0.2) is 78.4 Å². The molecule has 0 aromatic heterocycles. The molecule has 0 spiro atoms. The fourth-order valence-electron chi connectivity index (χ4n) is 4.26. The van der Waals surface area contributed by atoms with Crippen LogP contribution in [0.3, 0.4) is 0 Å². The highest BCUT2D eigenvalue weighted by Gasteiger charge is 2.46. The summed E-state index contributed by atoms with van der Waals surface area (Å²) in [5.41, 5.74) is 3.16. The molecular weight excluding hydrogens is 456 g/mol. The third-order valence-electron chi connectivity index (χ3n) is 6.30. The number of carbonyl (C=O) groups is 2. The molecule has 0 aliphatic carbocycles. The van der Waals surface area contributed by atoms with Crippen LogP contribution in [0.5, 0.6) is 11.5 Å². The number of amides is 1. The Morgan fingerprint density at radius 3 is 2.39 bits per heavy atom. The zero-order valence-electron chi connectivity index (χ0n) is 20.6. The van der Waals surface area contributed by atoms with Gasteiger partial charge in [0.05, 0.1) is 11.6 Å². The molecule has 1 aliphatic heterocycles. The van der Waals surface area contributed by atoms with Gasteiger partial charge in [-0.1, -0.05) is 36.4 Å². The molecule has 186 valence electrons. The molecule has 2 N–H and O–H groups in total. The second-order valence-corrected chi connectivity index (χ2v) is 9.13. The second kappa shape index (κ2) is 10.7. The average Bonchev–Trinajstić information content (AvgIpc) is 3.12. The maximum Gasteiger partial charge on any atom is 0.295 e. The predicted octanol–water partition coefficient (Wildman–Crippen LogP) is 4.26. The van der Waals surface area contributed by atoms with Crippen LogP contribution >= 0.6 is 0 Å². The maximum atomic E-state index is 13.1. The lowest BCUT2D eigenvalue weighted by Gasteiger charge is -2.26. The molecule has 1 fully saturated rings. The molecule has 4 rings (SSSR count). The summed E-state index contributed by atoms with van der Waals surface area (Å²) >= 11 is 0. The summed E-state index contributed by atoms with van der Waals surface area (Å²) in [5, 5.41) is 21.2. The zero-order chi connectivity index (χ0) is 25.8. The van der Waals surface area contributed by atoms with E-state index in [1.807, 2.05) is 50.2 Å². The van der Waals surface area contributed by atoms with E-state index in [-0.39, 0.29) is 17.1 Å². The number of likely N-dealkylation sites (N-methyl/N-ethyl adjacent to an activating group) is 1. The average molecular weight is 487 g/mol. The molecule has 3 aromatic carbocycles. The van der Waals surface area contributed by atoms with Gasteiger partial charge in [0.2, 0.25) is 0 Å². The fourth-order valence-corrected chi connectivity index (χ4v) is 4.26. The lowest BCUT2D eigenvalue weighted by molar-refractivity contribution is -0.140. The Kier molecular flexibility index (Phi) is 7.41. The van der Waals surface area contributed by atoms with Gasteiger partial charge in [-0.05, 0) is 74.1 Å². The summed E-state index contributed by atoms with van der Waals surface area (Å²) in [6.45, 7) is 3.26. The van der Waals surface area contributed by atoms with Gasteiger partial charge >= 0.3 is 0 Å². The number of aliphatic hydroxyl groups excluding tert-OH is 1. The highest BCUT2D eigenvalue weighted by atomic mass is 16.5. The molecule has 1 heterocycles. The lowest BCUT2D eigenvalue weighted by Crippen LogP contribution is -2.35. The molecule has 0 bridgehead atoms. The topological polar surface area (TPSA) is 90.3 Å². The number of hydrogen-bond donors (Lipinski definition) is 2. The maximum absolute atomic E-state index is 13.1. The van der Waals surface area contributed by atoms with E-state index >= 15 is 0 Å². The second-order valence-electron chi connectivity index (χ2n) is 9.13. The van der Waals surface area contributed by atoms with E-state index in [4.69, 9.17) is 4.74 Å². The lowest BCUT2D eigenvalue weighted by atomic mass is 9.95. The van der Waals surface area contributed by atoms with Crippen molar-refractivity contribution < 1.29 is 24.5 Å². The number of hydrogen-bond acceptors (Lipinski definition) is 6. The molecule has 1 saturated heterocycles. The molecular formula is C29H30N2O5. The molecule has 0 saturated carbocycles. The minimum absolute atomic E-state index is 0.00191. The fraction of sp³-hybridized carbons (Fsp3) is 0.241. The van der Waals surface area contributed by atoms with Gasteiger partial charge in [0, 0.05) is 18.7 Å². The number of aryl methyl sites for hydroxylation is 1. The Labute approximate surface area is 210 Å². The Balaban J connectivity index is 1.65. The van der Waals surface area contributed by atoms with Gasteiger partial charge < -0.3 is 24.7 Å². The van der Waals surface area contributed by atoms with Gasteiger partial charge in [-0.2, -0.15) is 0 Å². The monoisotopic (exact) mass is 486 g/mol. The number of ketones is 1. The van der Waals surface area contributed by atoms with Crippen LogP contribution in [0.1, 0.15) is 28.3 Å². The molecule has 3 aromatic rings. The number of aliphatic hydroxyl groups is 1. The van der Waals surface area contributed by atoms with Crippen molar-refractivity contribution in [1.82, 2.24) is 9.80 Å². The highest BCUT2D eigenvalue weighted by molar-refractivity contribution is 6.46. The van der Waals surface area contributed by atoms with E-state index in [9.17, 15) is 19.8 Å². The Bertz CT molecular complexity index is 1300. The van der Waals surface area contributed by atoms with Crippen molar-refractivity contribution in [2.75, 3.05) is 27.2 Å². The number of Topliss-reactive ketones (excluding diaryl/α,β-unsaturated/α-hetero) is 1. The van der Waals surface area contributed by atoms with Crippen LogP contribution in [-0.2, 0) is 16.2 Å². The SMILES string of the molecule is Cc1ccccc1COc1ccc(/C(O)=C2\C(=O)C(=O)N(CCN(C)C)[C@@H]2c2cccc(O)c2)cc1. The van der Waals surface area contributed by atoms with Crippen molar-refractivity contribution in [3.05, 3.63) is 101 Å². The van der Waals surface area contributed by atoms with Gasteiger partial charge in [0.1, 0.15) is 23.9 Å². The van der Waals surface area contributed by atoms with Crippen LogP contribution in [0.25, 0.3) is 5.76 Å². The van der Waals surface area contributed by atoms with E-state index < -0.39 is 17.7 Å². The first-order valence-electron chi connectivity index (χ1n) is 11.8. The quantitative estimate of drug-likeness (QED) is 0.281. The number of benzene rings is 3. The summed E-state index contributed by atoms with van der Waals surface area (Å²) in [6, 6.07) is 20.3. The number of nitrogens with zero attached hydrogens (tertiary/aromatic N) is 2. The molecule has 7 nitrogen and oxygen atoms in total. The summed E-state index contributed by atoms with van der Waals surface area (Å²) in [5.74, 6) is -1.06. The van der Waals surface area contributed by atoms with Crippen LogP contribution in [-0.4, -0.2) is 58.9 Å². The molecule has 1 aliphatic rings. The van der Waals surface area contributed by atoms with E-state index in [1.165, 1.54) is 17.0 Å². The van der Waals surface area contributed by atoms with Crippen molar-refractivity contribution in [2.45, 2.75) is 19.6 Å². The van der Waals surface area contributed by atoms with Gasteiger partial charge in [0.25, 0.3) is 11.7 Å². The van der Waals surface area contributed by atoms with Gasteiger partial charge in [-0.15, -0.1) is 0 Å². The standard InChI is InChI=1S/C29H30N2O5/c1-19-7-4-5-8-22(19)18-36-24-13-11-20(12-14-24)27(33)25-26(21-9-6-10-23(32)17-21)31(16-15-30(2)3)29(35)28(25)34/h4-14,17,26,32-33H,15-16,18H2,1-3H3/b27-25+/t26-/m1/s1. The normalized spacial score (nSPS) is 17.1. The summed E-state index contributed by atoms with van der Waals surface area (Å²) in [4.78, 5) is 29.4. The zero-order valence-corrected chi connectivity index (χ0v) is 20.6. The summed E-state index contributed by atoms with van der Waals surface area (Å²) < 4.78 is 5.89. The molecule has 36 heavy (non-hydrogen) atoms. The minimum Gasteiger partial charge on any atom is -0.508 e. The third-order valence-corrected chi connectivity index (χ3v) is 6.30. The number of phenols is 1. The molecule has 7 heteroatoms. The van der Waals surface area contributed by atoms with E-state index in [0.717, 1.165) is 11.1 Å². The smallest absolute Gasteiger partial charge is 0.295 e. The molecule has 1 amide bonds. The molecule has 0 radical (unpaired) electrons. The Hall–Kier alpha value is -4.10. The van der Waals surface area contributed by atoms with Gasteiger partial charge in [-0.3, -0.25) is 9.59 Å². The van der Waals surface area contributed by atoms with E-state index in [2.05, 4.69) is 0 Å². The van der Waals surface area contributed by atoms with Gasteiger partial charge in [-0.25, -0.2) is 0 Å². The summed E-state index contributed by atoms with van der Waals surface area (Å²) in [6.07, 6.45) is 0. The van der Waals surface area contributed by atoms with Crippen LogP contribution < -0.4 is 4.74 Å². The third kappa shape index (κ3) is 5.26. The Morgan fingerprint density at radius 1 is 1.00 bits per heavy atom. The van der Waals surface area contributed by atoms with Crippen molar-refractivity contribution in [3.63, 3.8) is 0 Å². The first kappa shape index (κ1) is 25.0. The summed E-state index contributed by atoms with van der Waals surface area (Å²) in [7, 11) is 3.76. The first-order chi connectivity index (χ1) is 17.3. The highest BCUT2D eigenvalue weighted by Crippen LogP contribution is 2.40. The minimum atomic E-state index is -0.811. The number of rotatable bonds is 8. The van der Waals surface area contributed by atoms with Gasteiger partial charge in [0.15, 0.2) is 0 Å². The number of ether oxygens (including phenoxy) is 1. The van der Waals surface area contributed by atoms with Crippen LogP contribution in [0, 0.1) is 6.92 Å². The number of carbonyl (C=O) groups excluding carboxylic acids is 2. The molecule has 1 atom stereocenters.